The third-order valence-corrected chi connectivity index (χ3v) is 0. The second kappa shape index (κ2) is 15.8. The van der Waals surface area contributed by atoms with Gasteiger partial charge in [0.25, 0.3) is 10.2 Å². The van der Waals surface area contributed by atoms with Crippen LogP contribution in [-0.2, 0) is 0 Å². The fraction of sp³-hybridized carbons (Fsp3) is 0. The van der Waals surface area contributed by atoms with Crippen LogP contribution in [0.4, 0.5) is 0 Å². The number of rotatable bonds is 0. The SMILES string of the molecule is O.O=[N+]([O-])O.O=[N+]([O-])O.[Ca+2]. The third kappa shape index (κ3) is 2310. The first kappa shape index (κ1) is 22.6. The van der Waals surface area contributed by atoms with E-state index in [1.54, 1.807) is 0 Å². The van der Waals surface area contributed by atoms with Crippen LogP contribution in [0.5, 0.6) is 0 Å². The fourth-order valence-electron chi connectivity index (χ4n) is 0. The van der Waals surface area contributed by atoms with E-state index in [-0.39, 0.29) is 43.2 Å². The standard InChI is InChI=1S/Ca.2HNO3.H2O/c;2*2-1(3)4;/h;2*(H,2,3,4);1H2/q+2;;;. The molecule has 0 aromatic rings. The summed E-state index contributed by atoms with van der Waals surface area (Å²) >= 11 is 0. The van der Waals surface area contributed by atoms with Crippen LogP contribution < -0.4 is 0 Å². The van der Waals surface area contributed by atoms with E-state index in [4.69, 9.17) is 30.6 Å². The maximum atomic E-state index is 8.36. The molecular formula is H4CaN2O7+2. The Labute approximate surface area is 83.8 Å². The number of nitrogens with zero attached hydrogens (tertiary/aromatic N) is 2. The Morgan fingerprint density at radius 1 is 1.00 bits per heavy atom. The minimum Gasteiger partial charge on any atom is -0.412 e. The van der Waals surface area contributed by atoms with Crippen LogP contribution in [0.15, 0.2) is 0 Å². The molecule has 0 amide bonds. The van der Waals surface area contributed by atoms with Crippen LogP contribution in [-0.4, -0.2) is 63.8 Å². The molecule has 56 valence electrons. The van der Waals surface area contributed by atoms with Crippen molar-refractivity contribution in [1.29, 1.82) is 0 Å². The maximum absolute atomic E-state index is 8.36. The van der Waals surface area contributed by atoms with Gasteiger partial charge in [-0.05, 0) is 0 Å². The Hall–Kier alpha value is -0.380. The summed E-state index contributed by atoms with van der Waals surface area (Å²) < 4.78 is 0. The van der Waals surface area contributed by atoms with Crippen molar-refractivity contribution in [2.75, 3.05) is 0 Å². The summed E-state index contributed by atoms with van der Waals surface area (Å²) in [6.07, 6.45) is 0. The molecule has 0 aromatic carbocycles. The van der Waals surface area contributed by atoms with Crippen molar-refractivity contribution in [1.82, 2.24) is 0 Å². The summed E-state index contributed by atoms with van der Waals surface area (Å²) in [6, 6.07) is 0. The summed E-state index contributed by atoms with van der Waals surface area (Å²) in [6.45, 7) is 0. The average Bonchev–Trinajstić information content (AvgIpc) is 1.25. The Bertz CT molecular complexity index is 69.6. The molecule has 0 aliphatic rings. The molecule has 0 radical (unpaired) electrons. The molecule has 0 unspecified atom stereocenters. The Morgan fingerprint density at radius 3 is 1.00 bits per heavy atom. The van der Waals surface area contributed by atoms with Gasteiger partial charge in [0, 0.05) is 0 Å². The molecule has 9 nitrogen and oxygen atoms in total. The van der Waals surface area contributed by atoms with E-state index < -0.39 is 10.2 Å². The van der Waals surface area contributed by atoms with Gasteiger partial charge in [-0.15, -0.1) is 20.2 Å². The Morgan fingerprint density at radius 2 is 1.00 bits per heavy atom. The first-order chi connectivity index (χ1) is 3.46. The van der Waals surface area contributed by atoms with E-state index >= 15 is 0 Å². The molecule has 0 fully saturated rings. The molecule has 0 bridgehead atoms. The van der Waals surface area contributed by atoms with Gasteiger partial charge in [0.1, 0.15) is 0 Å². The van der Waals surface area contributed by atoms with Gasteiger partial charge in [-0.2, -0.15) is 0 Å². The molecule has 0 heterocycles. The van der Waals surface area contributed by atoms with Crippen LogP contribution in [0, 0.1) is 20.2 Å². The van der Waals surface area contributed by atoms with Crippen LogP contribution in [0.1, 0.15) is 0 Å². The molecule has 0 saturated heterocycles. The molecule has 10 heteroatoms. The monoisotopic (exact) mass is 184 g/mol. The maximum Gasteiger partial charge on any atom is 2.00 e. The first-order valence-electron chi connectivity index (χ1n) is 1.13. The van der Waals surface area contributed by atoms with Gasteiger partial charge in [-0.1, -0.05) is 0 Å². The van der Waals surface area contributed by atoms with Crippen molar-refractivity contribution in [3.63, 3.8) is 0 Å². The van der Waals surface area contributed by atoms with Crippen molar-refractivity contribution in [2.45, 2.75) is 0 Å². The molecule has 0 atom stereocenters. The normalized spacial score (nSPS) is 4.80. The second-order valence-corrected chi connectivity index (χ2v) is 0.476. The molecular weight excluding hydrogens is 180 g/mol. The summed E-state index contributed by atoms with van der Waals surface area (Å²) in [7, 11) is 0. The zero-order chi connectivity index (χ0) is 7.15. The third-order valence-electron chi connectivity index (χ3n) is 0. The van der Waals surface area contributed by atoms with E-state index in [2.05, 4.69) is 0 Å². The van der Waals surface area contributed by atoms with Gasteiger partial charge in [-0.3, -0.25) is 0 Å². The summed E-state index contributed by atoms with van der Waals surface area (Å²) in [5.41, 5.74) is 0. The van der Waals surface area contributed by atoms with E-state index in [0.717, 1.165) is 0 Å². The zero-order valence-corrected chi connectivity index (χ0v) is 6.84. The predicted octanol–water partition coefficient (Wildman–Crippen LogP) is -1.90. The minimum absolute atomic E-state index is 0. The molecule has 0 rings (SSSR count). The molecule has 0 spiro atoms. The topological polar surface area (TPSA) is 158 Å². The largest absolute Gasteiger partial charge is 2.00 e. The quantitative estimate of drug-likeness (QED) is 0.254. The van der Waals surface area contributed by atoms with Gasteiger partial charge in [0.15, 0.2) is 0 Å². The molecule has 10 heavy (non-hydrogen) atoms. The van der Waals surface area contributed by atoms with Crippen LogP contribution in [0.25, 0.3) is 0 Å². The molecule has 0 aromatic heterocycles. The van der Waals surface area contributed by atoms with Crippen LogP contribution >= 0.6 is 0 Å². The summed E-state index contributed by atoms with van der Waals surface area (Å²) in [5, 5.41) is 27.3. The predicted molar refractivity (Wildman–Crippen MR) is 26.9 cm³/mol. The van der Waals surface area contributed by atoms with E-state index in [0.29, 0.717) is 0 Å². The van der Waals surface area contributed by atoms with Gasteiger partial charge in [0.05, 0.1) is 0 Å². The fourth-order valence-corrected chi connectivity index (χ4v) is 0. The first-order valence-corrected chi connectivity index (χ1v) is 1.13. The van der Waals surface area contributed by atoms with Gasteiger partial charge >= 0.3 is 37.7 Å². The Kier molecular flexibility index (Phi) is 35.9. The van der Waals surface area contributed by atoms with Crippen molar-refractivity contribution in [2.24, 2.45) is 0 Å². The van der Waals surface area contributed by atoms with E-state index in [1.807, 2.05) is 0 Å². The second-order valence-electron chi connectivity index (χ2n) is 0.476. The summed E-state index contributed by atoms with van der Waals surface area (Å²) in [4.78, 5) is 16.7. The smallest absolute Gasteiger partial charge is 0.412 e. The van der Waals surface area contributed by atoms with Crippen molar-refractivity contribution < 1.29 is 26.1 Å². The van der Waals surface area contributed by atoms with Gasteiger partial charge in [0.2, 0.25) is 0 Å². The zero-order valence-electron chi connectivity index (χ0n) is 4.63. The van der Waals surface area contributed by atoms with Crippen molar-refractivity contribution >= 4 is 37.7 Å². The Balaban J connectivity index is -0.0000000300. The minimum atomic E-state index is -1.50. The molecule has 0 saturated carbocycles. The summed E-state index contributed by atoms with van der Waals surface area (Å²) in [5.74, 6) is 0. The molecule has 0 aliphatic heterocycles. The molecule has 0 aliphatic carbocycles. The number of hydrogen-bond donors (Lipinski definition) is 2. The van der Waals surface area contributed by atoms with Crippen LogP contribution in [0.2, 0.25) is 0 Å². The van der Waals surface area contributed by atoms with Crippen molar-refractivity contribution in [3.8, 4) is 0 Å². The van der Waals surface area contributed by atoms with E-state index in [1.165, 1.54) is 0 Å². The van der Waals surface area contributed by atoms with E-state index in [9.17, 15) is 0 Å². The van der Waals surface area contributed by atoms with Crippen molar-refractivity contribution in [3.05, 3.63) is 20.2 Å². The van der Waals surface area contributed by atoms with Gasteiger partial charge < -0.3 is 15.9 Å². The number of hydrogen-bond acceptors (Lipinski definition) is 4. The van der Waals surface area contributed by atoms with Crippen LogP contribution in [0.3, 0.4) is 0 Å². The van der Waals surface area contributed by atoms with Gasteiger partial charge in [-0.25, -0.2) is 0 Å². The average molecular weight is 184 g/mol. The molecule has 4 N–H and O–H groups in total.